The molecule has 1 aliphatic carbocycles. The second kappa shape index (κ2) is 6.27. The van der Waals surface area contributed by atoms with Crippen molar-refractivity contribution in [3.8, 4) is 11.4 Å². The highest BCUT2D eigenvalue weighted by Gasteiger charge is 2.53. The lowest BCUT2D eigenvalue weighted by Crippen LogP contribution is -2.42. The van der Waals surface area contributed by atoms with Crippen molar-refractivity contribution >= 4 is 11.9 Å². The molecule has 0 atom stereocenters. The van der Waals surface area contributed by atoms with Gasteiger partial charge in [0, 0.05) is 24.7 Å². The van der Waals surface area contributed by atoms with Crippen LogP contribution in [0.2, 0.25) is 0 Å². The Balaban J connectivity index is 2.15. The molecule has 0 aliphatic heterocycles. The zero-order chi connectivity index (χ0) is 18.2. The van der Waals surface area contributed by atoms with E-state index >= 15 is 0 Å². The summed E-state index contributed by atoms with van der Waals surface area (Å²) in [6.45, 7) is 3.83. The predicted molar refractivity (Wildman–Crippen MR) is 90.8 cm³/mol. The third kappa shape index (κ3) is 2.58. The molecule has 0 saturated carbocycles. The molecule has 0 aromatic carbocycles. The largest absolute Gasteiger partial charge is 0.468 e. The molecule has 0 unspecified atom stereocenters. The van der Waals surface area contributed by atoms with Gasteiger partial charge in [0.05, 0.1) is 25.6 Å². The molecular weight excluding hydrogens is 320 g/mol. The van der Waals surface area contributed by atoms with Gasteiger partial charge in [-0.15, -0.1) is 0 Å². The first-order chi connectivity index (χ1) is 11.9. The Kier molecular flexibility index (Phi) is 4.29. The van der Waals surface area contributed by atoms with E-state index in [4.69, 9.17) is 9.47 Å². The molecule has 2 aromatic heterocycles. The summed E-state index contributed by atoms with van der Waals surface area (Å²) in [5.41, 5.74) is 3.76. The average Bonchev–Trinajstić information content (AvgIpc) is 3.07. The van der Waals surface area contributed by atoms with Crippen molar-refractivity contribution < 1.29 is 19.1 Å². The molecule has 6 heteroatoms. The monoisotopic (exact) mass is 340 g/mol. The molecule has 0 amide bonds. The number of ether oxygens (including phenoxy) is 2. The van der Waals surface area contributed by atoms with Crippen LogP contribution in [-0.4, -0.2) is 36.1 Å². The molecular formula is C19H20N2O4. The van der Waals surface area contributed by atoms with E-state index in [0.29, 0.717) is 0 Å². The molecule has 0 fully saturated rings. The van der Waals surface area contributed by atoms with Gasteiger partial charge in [-0.05, 0) is 42.7 Å². The van der Waals surface area contributed by atoms with Crippen LogP contribution >= 0.6 is 0 Å². The Morgan fingerprint density at radius 3 is 2.24 bits per heavy atom. The van der Waals surface area contributed by atoms with Gasteiger partial charge in [0.2, 0.25) is 0 Å². The number of nitrogens with zero attached hydrogens (tertiary/aromatic N) is 2. The van der Waals surface area contributed by atoms with Gasteiger partial charge in [-0.3, -0.25) is 19.6 Å². The number of methoxy groups -OCH3 is 2. The molecule has 25 heavy (non-hydrogen) atoms. The number of fused-ring (bicyclic) bond motifs is 1. The summed E-state index contributed by atoms with van der Waals surface area (Å²) in [6.07, 6.45) is 2.20. The molecule has 0 radical (unpaired) electrons. The number of carbonyl (C=O) groups excluding carboxylic acids is 2. The van der Waals surface area contributed by atoms with Crippen molar-refractivity contribution in [3.63, 3.8) is 0 Å². The zero-order valence-electron chi connectivity index (χ0n) is 14.8. The lowest BCUT2D eigenvalue weighted by molar-refractivity contribution is -0.168. The fourth-order valence-corrected chi connectivity index (χ4v) is 3.56. The molecule has 0 N–H and O–H groups in total. The van der Waals surface area contributed by atoms with Crippen molar-refractivity contribution in [2.45, 2.75) is 26.7 Å². The maximum absolute atomic E-state index is 12.4. The average molecular weight is 340 g/mol. The van der Waals surface area contributed by atoms with Crippen LogP contribution in [0.3, 0.4) is 0 Å². The van der Waals surface area contributed by atoms with Gasteiger partial charge in [-0.25, -0.2) is 0 Å². The van der Waals surface area contributed by atoms with Crippen LogP contribution in [0.5, 0.6) is 0 Å². The minimum atomic E-state index is -1.34. The molecule has 3 rings (SSSR count). The maximum Gasteiger partial charge on any atom is 0.323 e. The number of carbonyl (C=O) groups is 2. The highest BCUT2D eigenvalue weighted by Crippen LogP contribution is 2.43. The van der Waals surface area contributed by atoms with Gasteiger partial charge in [0.15, 0.2) is 5.41 Å². The van der Waals surface area contributed by atoms with E-state index in [0.717, 1.165) is 33.8 Å². The van der Waals surface area contributed by atoms with E-state index in [-0.39, 0.29) is 12.8 Å². The smallest absolute Gasteiger partial charge is 0.323 e. The Bertz CT molecular complexity index is 830. The topological polar surface area (TPSA) is 78.4 Å². The number of rotatable bonds is 3. The minimum Gasteiger partial charge on any atom is -0.468 e. The van der Waals surface area contributed by atoms with Crippen LogP contribution in [0, 0.1) is 19.3 Å². The minimum absolute atomic E-state index is 0.240. The first-order valence-corrected chi connectivity index (χ1v) is 8.01. The van der Waals surface area contributed by atoms with E-state index in [1.165, 1.54) is 14.2 Å². The Morgan fingerprint density at radius 2 is 1.68 bits per heavy atom. The zero-order valence-corrected chi connectivity index (χ0v) is 14.8. The summed E-state index contributed by atoms with van der Waals surface area (Å²) in [4.78, 5) is 33.9. The third-order valence-electron chi connectivity index (χ3n) is 4.91. The second-order valence-electron chi connectivity index (χ2n) is 6.26. The molecule has 2 heterocycles. The summed E-state index contributed by atoms with van der Waals surface area (Å²) in [5.74, 6) is -1.15. The molecule has 0 saturated heterocycles. The Labute approximate surface area is 146 Å². The molecule has 0 spiro atoms. The number of hydrogen-bond acceptors (Lipinski definition) is 6. The number of hydrogen-bond donors (Lipinski definition) is 0. The van der Waals surface area contributed by atoms with Gasteiger partial charge in [-0.2, -0.15) is 0 Å². The Hall–Kier alpha value is -2.76. The Morgan fingerprint density at radius 1 is 1.04 bits per heavy atom. The lowest BCUT2D eigenvalue weighted by atomic mass is 9.84. The number of esters is 2. The molecule has 6 nitrogen and oxygen atoms in total. The maximum atomic E-state index is 12.4. The van der Waals surface area contributed by atoms with Crippen molar-refractivity contribution in [1.82, 2.24) is 9.97 Å². The summed E-state index contributed by atoms with van der Waals surface area (Å²) in [5, 5.41) is 0. The van der Waals surface area contributed by atoms with Crippen molar-refractivity contribution in [3.05, 3.63) is 46.8 Å². The quantitative estimate of drug-likeness (QED) is 0.629. The highest BCUT2D eigenvalue weighted by molar-refractivity contribution is 6.01. The number of pyridine rings is 2. The second-order valence-corrected chi connectivity index (χ2v) is 6.26. The third-order valence-corrected chi connectivity index (χ3v) is 4.91. The van der Waals surface area contributed by atoms with Gasteiger partial charge >= 0.3 is 11.9 Å². The number of aromatic nitrogens is 2. The summed E-state index contributed by atoms with van der Waals surface area (Å²) >= 11 is 0. The van der Waals surface area contributed by atoms with E-state index in [1.54, 1.807) is 6.20 Å². The van der Waals surface area contributed by atoms with Crippen LogP contribution in [-0.2, 0) is 31.9 Å². The normalized spacial score (nSPS) is 14.7. The standard InChI is InChI=1S/C19H20N2O4/c1-11-13-9-19(17(22)24-3,18(23)25-4)10-14(13)12(2)21-16(11)15-7-5-6-8-20-15/h5-8H,9-10H2,1-4H3. The van der Waals surface area contributed by atoms with Crippen molar-refractivity contribution in [2.24, 2.45) is 5.41 Å². The summed E-state index contributed by atoms with van der Waals surface area (Å²) < 4.78 is 9.83. The first kappa shape index (κ1) is 17.1. The summed E-state index contributed by atoms with van der Waals surface area (Å²) in [7, 11) is 2.57. The highest BCUT2D eigenvalue weighted by atomic mass is 16.5. The number of aryl methyl sites for hydroxylation is 1. The van der Waals surface area contributed by atoms with Gasteiger partial charge in [0.25, 0.3) is 0 Å². The van der Waals surface area contributed by atoms with Crippen LogP contribution in [0.25, 0.3) is 11.4 Å². The van der Waals surface area contributed by atoms with Crippen molar-refractivity contribution in [1.29, 1.82) is 0 Å². The van der Waals surface area contributed by atoms with Gasteiger partial charge in [0.1, 0.15) is 0 Å². The first-order valence-electron chi connectivity index (χ1n) is 8.01. The van der Waals surface area contributed by atoms with E-state index in [2.05, 4.69) is 9.97 Å². The lowest BCUT2D eigenvalue weighted by Gasteiger charge is -2.22. The molecule has 0 bridgehead atoms. The van der Waals surface area contributed by atoms with Crippen LogP contribution < -0.4 is 0 Å². The molecule has 2 aromatic rings. The van der Waals surface area contributed by atoms with Crippen molar-refractivity contribution in [2.75, 3.05) is 14.2 Å². The molecule has 130 valence electrons. The van der Waals surface area contributed by atoms with Crippen LogP contribution in [0.15, 0.2) is 24.4 Å². The predicted octanol–water partition coefficient (Wildman–Crippen LogP) is 2.19. The van der Waals surface area contributed by atoms with E-state index < -0.39 is 17.4 Å². The van der Waals surface area contributed by atoms with Crippen LogP contribution in [0.4, 0.5) is 0 Å². The summed E-state index contributed by atoms with van der Waals surface area (Å²) in [6, 6.07) is 5.64. The van der Waals surface area contributed by atoms with Gasteiger partial charge < -0.3 is 9.47 Å². The fourth-order valence-electron chi connectivity index (χ4n) is 3.56. The molecule has 1 aliphatic rings. The van der Waals surface area contributed by atoms with Crippen LogP contribution in [0.1, 0.15) is 22.4 Å². The van der Waals surface area contributed by atoms with E-state index in [1.807, 2.05) is 32.0 Å². The fraction of sp³-hybridized carbons (Fsp3) is 0.368. The van der Waals surface area contributed by atoms with Gasteiger partial charge in [-0.1, -0.05) is 6.07 Å². The van der Waals surface area contributed by atoms with E-state index in [9.17, 15) is 9.59 Å². The SMILES string of the molecule is COC(=O)C1(C(=O)OC)Cc2c(C)nc(-c3ccccn3)c(C)c2C1.